The van der Waals surface area contributed by atoms with Crippen molar-refractivity contribution in [2.24, 2.45) is 0 Å². The van der Waals surface area contributed by atoms with Crippen molar-refractivity contribution >= 4 is 69.8 Å². The standard InChI is InChI=1S/C56H56N2Si2/c1-7-27-57(28-8-1)41-21-23-45-49(37-41)55(39-19-25-53-47(35-39)43-15-3-5-17-51(43)59(53)31-11-12-32-59)46-24-22-42(58-29-9-2-10-30-58)38-50(46)56(45)40-20-26-54-48(36-40)44-16-4-6-18-52(44)60(54)33-13-14-34-60/h3-6,15-26,35-38H,1-2,7-14,27-34H2. The van der Waals surface area contributed by atoms with Crippen LogP contribution in [0.3, 0.4) is 0 Å². The molecule has 60 heavy (non-hydrogen) atoms. The predicted molar refractivity (Wildman–Crippen MR) is 263 cm³/mol. The number of benzene rings is 7. The number of rotatable bonds is 4. The lowest BCUT2D eigenvalue weighted by atomic mass is 9.84. The second-order valence-corrected chi connectivity index (χ2v) is 28.0. The minimum Gasteiger partial charge on any atom is -0.372 e. The van der Waals surface area contributed by atoms with E-state index in [0.29, 0.717) is 0 Å². The van der Waals surface area contributed by atoms with Gasteiger partial charge >= 0.3 is 0 Å². The highest BCUT2D eigenvalue weighted by atomic mass is 28.3. The molecule has 7 aromatic carbocycles. The maximum atomic E-state index is 2.67. The fourth-order valence-corrected chi connectivity index (χ4v) is 25.0. The Hall–Kier alpha value is -4.91. The fourth-order valence-electron chi connectivity index (χ4n) is 13.8. The van der Waals surface area contributed by atoms with Crippen molar-refractivity contribution in [2.75, 3.05) is 36.0 Å². The predicted octanol–water partition coefficient (Wildman–Crippen LogP) is 12.0. The van der Waals surface area contributed by atoms with Crippen LogP contribution in [0.1, 0.15) is 64.2 Å². The number of hydrogen-bond acceptors (Lipinski definition) is 2. The second-order valence-electron chi connectivity index (χ2n) is 19.5. The Morgan fingerprint density at radius 3 is 1.15 bits per heavy atom. The third-order valence-electron chi connectivity index (χ3n) is 16.6. The van der Waals surface area contributed by atoms with Gasteiger partial charge in [0.15, 0.2) is 0 Å². The van der Waals surface area contributed by atoms with Gasteiger partial charge in [-0.3, -0.25) is 0 Å². The molecule has 4 saturated heterocycles. The van der Waals surface area contributed by atoms with Gasteiger partial charge in [-0.2, -0.15) is 0 Å². The van der Waals surface area contributed by atoms with Crippen molar-refractivity contribution in [3.8, 4) is 44.5 Å². The van der Waals surface area contributed by atoms with Gasteiger partial charge < -0.3 is 9.80 Å². The summed E-state index contributed by atoms with van der Waals surface area (Å²) < 4.78 is 0. The number of fused-ring (bicyclic) bond motifs is 12. The van der Waals surface area contributed by atoms with Crippen LogP contribution in [0, 0.1) is 0 Å². The molecule has 2 spiro atoms. The van der Waals surface area contributed by atoms with E-state index in [-0.39, 0.29) is 0 Å². The van der Waals surface area contributed by atoms with Crippen LogP contribution in [0.2, 0.25) is 24.2 Å². The highest BCUT2D eigenvalue weighted by Crippen LogP contribution is 2.49. The Kier molecular flexibility index (Phi) is 8.24. The van der Waals surface area contributed by atoms with Crippen LogP contribution in [0.4, 0.5) is 11.4 Å². The van der Waals surface area contributed by atoms with Crippen molar-refractivity contribution < 1.29 is 0 Å². The summed E-state index contributed by atoms with van der Waals surface area (Å²) in [5.74, 6) is 0. The van der Waals surface area contributed by atoms with Gasteiger partial charge in [0.05, 0.1) is 0 Å². The molecule has 6 heterocycles. The molecule has 2 nitrogen and oxygen atoms in total. The largest absolute Gasteiger partial charge is 0.372 e. The Labute approximate surface area is 358 Å². The first-order valence-corrected chi connectivity index (χ1v) is 28.6. The molecule has 0 amide bonds. The summed E-state index contributed by atoms with van der Waals surface area (Å²) in [5, 5.41) is 12.4. The average Bonchev–Trinajstić information content (AvgIpc) is 4.12. The topological polar surface area (TPSA) is 6.48 Å². The van der Waals surface area contributed by atoms with Crippen LogP contribution in [0.25, 0.3) is 66.1 Å². The average molecular weight is 813 g/mol. The summed E-state index contributed by atoms with van der Waals surface area (Å²) in [6, 6.07) is 55.6. The van der Waals surface area contributed by atoms with Gasteiger partial charge in [0, 0.05) is 37.6 Å². The summed E-state index contributed by atoms with van der Waals surface area (Å²) >= 11 is 0. The molecule has 0 N–H and O–H groups in total. The maximum Gasteiger partial charge on any atom is 0.119 e. The SMILES string of the molecule is c1ccc2c(c1)-c1cc(-c3c4ccc(N5CCCCC5)cc4c(-c4ccc5c(c4)-c4ccccc4[Si]54CCCC4)c4ccc(N5CCCCC5)cc34)ccc1[Si]21CCCC1. The minimum absolute atomic E-state index is 1.15. The van der Waals surface area contributed by atoms with Crippen molar-refractivity contribution in [1.82, 2.24) is 0 Å². The summed E-state index contributed by atoms with van der Waals surface area (Å²) in [5.41, 5.74) is 14.5. The minimum atomic E-state index is -1.71. The van der Waals surface area contributed by atoms with E-state index >= 15 is 0 Å². The van der Waals surface area contributed by atoms with E-state index in [4.69, 9.17) is 0 Å². The Morgan fingerprint density at radius 1 is 0.317 bits per heavy atom. The zero-order valence-electron chi connectivity index (χ0n) is 35.2. The number of hydrogen-bond donors (Lipinski definition) is 0. The van der Waals surface area contributed by atoms with Gasteiger partial charge in [-0.1, -0.05) is 111 Å². The Balaban J connectivity index is 1.09. The van der Waals surface area contributed by atoms with Crippen molar-refractivity contribution in [3.63, 3.8) is 0 Å². The lowest BCUT2D eigenvalue weighted by molar-refractivity contribution is 0.578. The normalized spacial score (nSPS) is 19.7. The van der Waals surface area contributed by atoms with Crippen molar-refractivity contribution in [2.45, 2.75) is 88.4 Å². The Bertz CT molecular complexity index is 2670. The smallest absolute Gasteiger partial charge is 0.119 e. The van der Waals surface area contributed by atoms with Crippen molar-refractivity contribution in [1.29, 1.82) is 0 Å². The quantitative estimate of drug-likeness (QED) is 0.129. The lowest BCUT2D eigenvalue weighted by Crippen LogP contribution is -2.52. The van der Waals surface area contributed by atoms with Gasteiger partial charge in [-0.25, -0.2) is 0 Å². The molecule has 4 heteroatoms. The van der Waals surface area contributed by atoms with Gasteiger partial charge in [-0.05, 0) is 186 Å². The number of anilines is 2. The molecule has 0 aromatic heterocycles. The monoisotopic (exact) mass is 812 g/mol. The van der Waals surface area contributed by atoms with Crippen LogP contribution in [-0.4, -0.2) is 42.3 Å². The first kappa shape index (κ1) is 35.8. The first-order valence-electron chi connectivity index (χ1n) is 23.7. The van der Waals surface area contributed by atoms with E-state index in [1.165, 1.54) is 166 Å². The third-order valence-corrected chi connectivity index (χ3v) is 27.3. The molecule has 0 radical (unpaired) electrons. The summed E-state index contributed by atoms with van der Waals surface area (Å²) in [4.78, 5) is 5.34. The van der Waals surface area contributed by atoms with Crippen LogP contribution < -0.4 is 30.5 Å². The van der Waals surface area contributed by atoms with Crippen molar-refractivity contribution in [3.05, 3.63) is 121 Å². The molecular weight excluding hydrogens is 757 g/mol. The molecule has 0 aliphatic carbocycles. The molecule has 6 aliphatic heterocycles. The van der Waals surface area contributed by atoms with E-state index in [1.54, 1.807) is 20.7 Å². The third kappa shape index (κ3) is 5.16. The summed E-state index contributed by atoms with van der Waals surface area (Å²) in [6.45, 7) is 4.61. The van der Waals surface area contributed by atoms with Gasteiger partial charge in [0.1, 0.15) is 16.1 Å². The van der Waals surface area contributed by atoms with Crippen LogP contribution in [0.5, 0.6) is 0 Å². The van der Waals surface area contributed by atoms with Crippen LogP contribution >= 0.6 is 0 Å². The molecule has 4 fully saturated rings. The number of nitrogens with zero attached hydrogens (tertiary/aromatic N) is 2. The van der Waals surface area contributed by atoms with Gasteiger partial charge in [0.25, 0.3) is 0 Å². The summed E-state index contributed by atoms with van der Waals surface area (Å²) in [6.07, 6.45) is 13.4. The molecule has 0 atom stereocenters. The molecule has 6 aliphatic rings. The molecule has 0 saturated carbocycles. The van der Waals surface area contributed by atoms with Crippen LogP contribution in [0.15, 0.2) is 121 Å². The van der Waals surface area contributed by atoms with Crippen LogP contribution in [-0.2, 0) is 0 Å². The molecular formula is C56H56N2Si2. The fraction of sp³-hybridized carbons (Fsp3) is 0.321. The zero-order chi connectivity index (χ0) is 39.4. The molecule has 0 bridgehead atoms. The molecule has 13 rings (SSSR count). The highest BCUT2D eigenvalue weighted by Gasteiger charge is 2.48. The van der Waals surface area contributed by atoms with Gasteiger partial charge in [-0.15, -0.1) is 0 Å². The second kappa shape index (κ2) is 13.8. The molecule has 0 unspecified atom stereocenters. The van der Waals surface area contributed by atoms with E-state index in [2.05, 4.69) is 131 Å². The maximum absolute atomic E-state index is 2.67. The zero-order valence-corrected chi connectivity index (χ0v) is 37.2. The number of piperidine rings is 2. The van der Waals surface area contributed by atoms with Gasteiger partial charge in [0.2, 0.25) is 0 Å². The summed E-state index contributed by atoms with van der Waals surface area (Å²) in [7, 11) is -3.42. The van der Waals surface area contributed by atoms with E-state index in [0.717, 1.165) is 26.2 Å². The highest BCUT2D eigenvalue weighted by molar-refractivity contribution is 7.06. The molecule has 298 valence electrons. The van der Waals surface area contributed by atoms with E-state index < -0.39 is 16.1 Å². The Morgan fingerprint density at radius 2 is 0.717 bits per heavy atom. The lowest BCUT2D eigenvalue weighted by Gasteiger charge is -2.30. The van der Waals surface area contributed by atoms with E-state index in [9.17, 15) is 0 Å². The molecule has 7 aromatic rings. The van der Waals surface area contributed by atoms with E-state index in [1.807, 2.05) is 0 Å². The first-order chi connectivity index (χ1) is 29.7.